The molecule has 1 N–H and O–H groups in total. The minimum absolute atomic E-state index is 0.0609. The molecule has 4 nitrogen and oxygen atoms in total. The Balaban J connectivity index is 2.06. The molecule has 19 heavy (non-hydrogen) atoms. The van der Waals surface area contributed by atoms with Gasteiger partial charge in [0.15, 0.2) is 0 Å². The highest BCUT2D eigenvalue weighted by Crippen LogP contribution is 2.17. The molecular weight excluding hydrogens is 236 g/mol. The van der Waals surface area contributed by atoms with Gasteiger partial charge >= 0.3 is 0 Å². The van der Waals surface area contributed by atoms with Crippen molar-refractivity contribution in [2.45, 2.75) is 25.9 Å². The van der Waals surface area contributed by atoms with Crippen LogP contribution in [0.4, 0.5) is 0 Å². The largest absolute Gasteiger partial charge is 0.305 e. The number of nitriles is 1. The zero-order chi connectivity index (χ0) is 13.7. The Kier molecular flexibility index (Phi) is 4.32. The average molecular weight is 254 g/mol. The summed E-state index contributed by atoms with van der Waals surface area (Å²) in [5.74, 6) is 0. The first-order chi connectivity index (χ1) is 9.22. The summed E-state index contributed by atoms with van der Waals surface area (Å²) in [6, 6.07) is 12.4. The summed E-state index contributed by atoms with van der Waals surface area (Å²) in [6.45, 7) is 2.77. The first kappa shape index (κ1) is 13.3. The average Bonchev–Trinajstić information content (AvgIpc) is 2.76. The van der Waals surface area contributed by atoms with Crippen molar-refractivity contribution in [1.82, 2.24) is 15.1 Å². The van der Waals surface area contributed by atoms with E-state index >= 15 is 0 Å². The van der Waals surface area contributed by atoms with E-state index in [9.17, 15) is 0 Å². The molecule has 0 saturated heterocycles. The van der Waals surface area contributed by atoms with Gasteiger partial charge in [-0.1, -0.05) is 30.3 Å². The van der Waals surface area contributed by atoms with Crippen LogP contribution in [0.1, 0.15) is 29.3 Å². The van der Waals surface area contributed by atoms with Crippen LogP contribution in [0.15, 0.2) is 36.5 Å². The number of aryl methyl sites for hydroxylation is 1. The van der Waals surface area contributed by atoms with Crippen LogP contribution in [0, 0.1) is 18.3 Å². The fraction of sp³-hybridized carbons (Fsp3) is 0.333. The third kappa shape index (κ3) is 3.21. The lowest BCUT2D eigenvalue weighted by atomic mass is 10.0. The number of hydrogen-bond acceptors (Lipinski definition) is 3. The van der Waals surface area contributed by atoms with Crippen LogP contribution in [0.5, 0.6) is 0 Å². The fourth-order valence-corrected chi connectivity index (χ4v) is 2.04. The van der Waals surface area contributed by atoms with Crippen LogP contribution < -0.4 is 5.32 Å². The Labute approximate surface area is 113 Å². The quantitative estimate of drug-likeness (QED) is 0.891. The van der Waals surface area contributed by atoms with Gasteiger partial charge in [-0.3, -0.25) is 4.68 Å². The van der Waals surface area contributed by atoms with E-state index in [1.807, 2.05) is 55.2 Å². The maximum atomic E-state index is 8.95. The van der Waals surface area contributed by atoms with Crippen molar-refractivity contribution >= 4 is 0 Å². The Bertz CT molecular complexity index is 566. The molecule has 1 aromatic carbocycles. The maximum absolute atomic E-state index is 8.95. The molecule has 1 atom stereocenters. The van der Waals surface area contributed by atoms with Gasteiger partial charge < -0.3 is 5.32 Å². The van der Waals surface area contributed by atoms with E-state index in [2.05, 4.69) is 16.5 Å². The van der Waals surface area contributed by atoms with Crippen LogP contribution in [0.2, 0.25) is 0 Å². The van der Waals surface area contributed by atoms with Crippen molar-refractivity contribution in [3.63, 3.8) is 0 Å². The molecule has 0 bridgehead atoms. The van der Waals surface area contributed by atoms with Gasteiger partial charge in [-0.05, 0) is 12.5 Å². The summed E-state index contributed by atoms with van der Waals surface area (Å²) >= 11 is 0. The number of hydrogen-bond donors (Lipinski definition) is 1. The molecule has 0 fully saturated rings. The predicted molar refractivity (Wildman–Crippen MR) is 74.2 cm³/mol. The lowest BCUT2D eigenvalue weighted by Gasteiger charge is -2.16. The zero-order valence-corrected chi connectivity index (χ0v) is 11.3. The second-order valence-corrected chi connectivity index (χ2v) is 4.59. The molecule has 0 spiro atoms. The molecule has 1 heterocycles. The standard InChI is InChI=1S/C15H18N4/c1-12-14(11-18-19(12)2)10-17-15(8-9-16)13-6-4-3-5-7-13/h3-7,11,15,17H,8,10H2,1-2H3. The molecule has 1 unspecified atom stereocenters. The minimum atomic E-state index is 0.0609. The minimum Gasteiger partial charge on any atom is -0.305 e. The topological polar surface area (TPSA) is 53.6 Å². The molecule has 2 aromatic rings. The van der Waals surface area contributed by atoms with Crippen molar-refractivity contribution in [1.29, 1.82) is 5.26 Å². The summed E-state index contributed by atoms with van der Waals surface area (Å²) in [6.07, 6.45) is 2.33. The number of rotatable bonds is 5. The summed E-state index contributed by atoms with van der Waals surface area (Å²) in [5, 5.41) is 16.6. The molecule has 0 aliphatic heterocycles. The number of nitrogens with one attached hydrogen (secondary N) is 1. The van der Waals surface area contributed by atoms with Gasteiger partial charge in [0.05, 0.1) is 18.7 Å². The Morgan fingerprint density at radius 2 is 2.11 bits per heavy atom. The lowest BCUT2D eigenvalue weighted by Crippen LogP contribution is -2.20. The Morgan fingerprint density at radius 1 is 1.37 bits per heavy atom. The second-order valence-electron chi connectivity index (χ2n) is 4.59. The van der Waals surface area contributed by atoms with Gasteiger partial charge in [-0.15, -0.1) is 0 Å². The summed E-state index contributed by atoms with van der Waals surface area (Å²) in [7, 11) is 1.93. The van der Waals surface area contributed by atoms with E-state index in [1.54, 1.807) is 0 Å². The highest BCUT2D eigenvalue weighted by Gasteiger charge is 2.11. The fourth-order valence-electron chi connectivity index (χ4n) is 2.04. The lowest BCUT2D eigenvalue weighted by molar-refractivity contribution is 0.541. The molecule has 0 amide bonds. The van der Waals surface area contributed by atoms with E-state index < -0.39 is 0 Å². The van der Waals surface area contributed by atoms with Crippen LogP contribution in [0.3, 0.4) is 0 Å². The van der Waals surface area contributed by atoms with Crippen molar-refractivity contribution < 1.29 is 0 Å². The van der Waals surface area contributed by atoms with E-state index in [0.29, 0.717) is 6.42 Å². The summed E-state index contributed by atoms with van der Waals surface area (Å²) < 4.78 is 1.86. The van der Waals surface area contributed by atoms with E-state index in [1.165, 1.54) is 5.56 Å². The molecule has 4 heteroatoms. The summed E-state index contributed by atoms with van der Waals surface area (Å²) in [4.78, 5) is 0. The van der Waals surface area contributed by atoms with Gasteiger partial charge in [0, 0.05) is 30.9 Å². The maximum Gasteiger partial charge on any atom is 0.0641 e. The van der Waals surface area contributed by atoms with Crippen molar-refractivity contribution in [3.8, 4) is 6.07 Å². The van der Waals surface area contributed by atoms with Crippen LogP contribution in [0.25, 0.3) is 0 Å². The van der Waals surface area contributed by atoms with Crippen LogP contribution in [-0.2, 0) is 13.6 Å². The van der Waals surface area contributed by atoms with Crippen LogP contribution >= 0.6 is 0 Å². The number of aromatic nitrogens is 2. The number of nitrogens with zero attached hydrogens (tertiary/aromatic N) is 3. The van der Waals surface area contributed by atoms with Gasteiger partial charge in [-0.2, -0.15) is 10.4 Å². The van der Waals surface area contributed by atoms with E-state index in [4.69, 9.17) is 5.26 Å². The first-order valence-corrected chi connectivity index (χ1v) is 6.35. The second kappa shape index (κ2) is 6.17. The summed E-state index contributed by atoms with van der Waals surface area (Å²) in [5.41, 5.74) is 3.46. The van der Waals surface area contributed by atoms with Gasteiger partial charge in [0.2, 0.25) is 0 Å². The molecule has 0 aliphatic rings. The molecule has 0 radical (unpaired) electrons. The molecule has 0 aliphatic carbocycles. The van der Waals surface area contributed by atoms with Gasteiger partial charge in [0.25, 0.3) is 0 Å². The smallest absolute Gasteiger partial charge is 0.0641 e. The zero-order valence-electron chi connectivity index (χ0n) is 11.3. The highest BCUT2D eigenvalue weighted by molar-refractivity contribution is 5.21. The van der Waals surface area contributed by atoms with Crippen molar-refractivity contribution in [2.75, 3.05) is 0 Å². The predicted octanol–water partition coefficient (Wildman–Crippen LogP) is 2.47. The SMILES string of the molecule is Cc1c(CNC(CC#N)c2ccccc2)cnn1C. The third-order valence-corrected chi connectivity index (χ3v) is 3.37. The Hall–Kier alpha value is -2.12. The van der Waals surface area contributed by atoms with Crippen LogP contribution in [-0.4, -0.2) is 9.78 Å². The van der Waals surface area contributed by atoms with Crippen molar-refractivity contribution in [3.05, 3.63) is 53.3 Å². The van der Waals surface area contributed by atoms with E-state index in [0.717, 1.165) is 17.8 Å². The van der Waals surface area contributed by atoms with E-state index in [-0.39, 0.29) is 6.04 Å². The molecule has 1 aromatic heterocycles. The highest BCUT2D eigenvalue weighted by atomic mass is 15.3. The normalized spacial score (nSPS) is 12.1. The molecule has 98 valence electrons. The monoisotopic (exact) mass is 254 g/mol. The third-order valence-electron chi connectivity index (χ3n) is 3.37. The molecule has 2 rings (SSSR count). The number of benzene rings is 1. The van der Waals surface area contributed by atoms with Crippen molar-refractivity contribution in [2.24, 2.45) is 7.05 Å². The van der Waals surface area contributed by atoms with Gasteiger partial charge in [-0.25, -0.2) is 0 Å². The first-order valence-electron chi connectivity index (χ1n) is 6.35. The Morgan fingerprint density at radius 3 is 2.68 bits per heavy atom. The molecule has 0 saturated carbocycles. The molecular formula is C15H18N4. The van der Waals surface area contributed by atoms with Gasteiger partial charge in [0.1, 0.15) is 0 Å².